The third kappa shape index (κ3) is 3.32. The Balaban J connectivity index is 2.11. The van der Waals surface area contributed by atoms with Gasteiger partial charge in [-0.3, -0.25) is 4.99 Å². The lowest BCUT2D eigenvalue weighted by molar-refractivity contribution is 0.414. The van der Waals surface area contributed by atoms with E-state index in [1.165, 1.54) is 5.56 Å². The molecule has 108 valence electrons. The average molecular weight is 309 g/mol. The predicted octanol–water partition coefficient (Wildman–Crippen LogP) is 2.69. The van der Waals surface area contributed by atoms with Crippen LogP contribution in [0, 0.1) is 0 Å². The lowest BCUT2D eigenvalue weighted by Crippen LogP contribution is -2.35. The molecule has 0 saturated carbocycles. The number of aliphatic imine (C=N–C) groups is 1. The first kappa shape index (κ1) is 14.9. The Labute approximate surface area is 126 Å². The maximum absolute atomic E-state index is 5.67. The van der Waals surface area contributed by atoms with Crippen molar-refractivity contribution in [3.63, 3.8) is 0 Å². The number of aryl methyl sites for hydroxylation is 1. The molecule has 1 aromatic carbocycles. The Kier molecular flexibility index (Phi) is 4.67. The highest BCUT2D eigenvalue weighted by molar-refractivity contribution is 8.46. The van der Waals surface area contributed by atoms with Crippen molar-refractivity contribution in [2.24, 2.45) is 10.7 Å². The topological polar surface area (TPSA) is 59.6 Å². The molecule has 20 heavy (non-hydrogen) atoms. The molecule has 1 atom stereocenters. The molecule has 3 N–H and O–H groups in total. The molecule has 0 amide bonds. The van der Waals surface area contributed by atoms with Gasteiger partial charge in [-0.25, -0.2) is 0 Å². The third-order valence-electron chi connectivity index (χ3n) is 3.21. The predicted molar refractivity (Wildman–Crippen MR) is 91.3 cm³/mol. The molecule has 4 nitrogen and oxygen atoms in total. The van der Waals surface area contributed by atoms with E-state index in [4.69, 9.17) is 22.7 Å². The second kappa shape index (κ2) is 6.28. The molecular formula is C14H19N3OS2. The van der Waals surface area contributed by atoms with Crippen LogP contribution >= 0.6 is 22.4 Å². The maximum atomic E-state index is 5.67. The molecule has 0 radical (unpaired) electrons. The summed E-state index contributed by atoms with van der Waals surface area (Å²) in [4.78, 5) is 4.36. The molecule has 1 heterocycles. The van der Waals surface area contributed by atoms with Crippen molar-refractivity contribution in [2.75, 3.05) is 12.9 Å². The highest BCUT2D eigenvalue weighted by atomic mass is 32.3. The fraction of sp³-hybridized carbons (Fsp3) is 0.286. The van der Waals surface area contributed by atoms with Gasteiger partial charge in [0.2, 0.25) is 0 Å². The van der Waals surface area contributed by atoms with Gasteiger partial charge in [-0.05, 0) is 48.7 Å². The van der Waals surface area contributed by atoms with Crippen molar-refractivity contribution in [1.29, 1.82) is 0 Å². The lowest BCUT2D eigenvalue weighted by Gasteiger charge is -2.35. The van der Waals surface area contributed by atoms with Crippen LogP contribution in [0.5, 0.6) is 5.75 Å². The minimum absolute atomic E-state index is 0.326. The number of methoxy groups -OCH3 is 1. The van der Waals surface area contributed by atoms with Crippen molar-refractivity contribution in [2.45, 2.75) is 13.3 Å². The summed E-state index contributed by atoms with van der Waals surface area (Å²) in [7, 11) is 0.333. The van der Waals surface area contributed by atoms with Crippen LogP contribution in [0.4, 0.5) is 0 Å². The number of hydrogen-bond donors (Lipinski definition) is 2. The molecular weight excluding hydrogens is 290 g/mol. The normalized spacial score (nSPS) is 23.8. The van der Waals surface area contributed by atoms with Gasteiger partial charge in [-0.15, -0.1) is 10.2 Å². The molecule has 1 unspecified atom stereocenters. The molecule has 0 fully saturated rings. The number of hydrogen-bond acceptors (Lipinski definition) is 3. The van der Waals surface area contributed by atoms with Gasteiger partial charge < -0.3 is 15.2 Å². The summed E-state index contributed by atoms with van der Waals surface area (Å²) in [5, 5.41) is 3.49. The zero-order valence-corrected chi connectivity index (χ0v) is 13.3. The number of ether oxygens (including phenoxy) is 1. The summed E-state index contributed by atoms with van der Waals surface area (Å²) >= 11 is 5.01. The zero-order valence-electron chi connectivity index (χ0n) is 11.6. The van der Waals surface area contributed by atoms with Crippen LogP contribution in [0.25, 0.3) is 0 Å². The summed E-state index contributed by atoms with van der Waals surface area (Å²) in [5.74, 6) is 1.80. The van der Waals surface area contributed by atoms with Crippen molar-refractivity contribution in [3.8, 4) is 5.75 Å². The van der Waals surface area contributed by atoms with Gasteiger partial charge in [0.1, 0.15) is 5.75 Å². The Bertz CT molecular complexity index is 571. The summed E-state index contributed by atoms with van der Waals surface area (Å²) in [5.41, 5.74) is 6.90. The molecule has 1 aliphatic heterocycles. The van der Waals surface area contributed by atoms with Crippen LogP contribution in [0.3, 0.4) is 0 Å². The number of nitrogens with zero attached hydrogens (tertiary/aromatic N) is 1. The molecule has 0 saturated heterocycles. The highest BCUT2D eigenvalue weighted by Gasteiger charge is 2.27. The van der Waals surface area contributed by atoms with Gasteiger partial charge in [-0.2, -0.15) is 0 Å². The van der Waals surface area contributed by atoms with E-state index in [0.29, 0.717) is 5.11 Å². The monoisotopic (exact) mass is 309 g/mol. The summed E-state index contributed by atoms with van der Waals surface area (Å²) in [6, 6.07) is 8.10. The maximum Gasteiger partial charge on any atom is 0.173 e. The summed E-state index contributed by atoms with van der Waals surface area (Å²) in [6.07, 6.45) is 2.75. The van der Waals surface area contributed by atoms with Gasteiger partial charge in [0.05, 0.1) is 12.2 Å². The number of rotatable bonds is 5. The van der Waals surface area contributed by atoms with E-state index >= 15 is 0 Å². The van der Waals surface area contributed by atoms with E-state index in [0.717, 1.165) is 23.0 Å². The van der Waals surface area contributed by atoms with Crippen LogP contribution in [0.2, 0.25) is 0 Å². The lowest BCUT2D eigenvalue weighted by atomic mass is 10.2. The molecule has 0 bridgehead atoms. The Morgan fingerprint density at radius 3 is 2.90 bits per heavy atom. The number of nitrogens with one attached hydrogen (secondary N) is 1. The second-order valence-electron chi connectivity index (χ2n) is 4.50. The molecule has 1 aliphatic rings. The van der Waals surface area contributed by atoms with E-state index in [1.807, 2.05) is 25.3 Å². The van der Waals surface area contributed by atoms with Crippen LogP contribution < -0.4 is 15.2 Å². The van der Waals surface area contributed by atoms with Crippen molar-refractivity contribution in [3.05, 3.63) is 41.4 Å². The highest BCUT2D eigenvalue weighted by Crippen LogP contribution is 2.50. The minimum atomic E-state index is -1.34. The minimum Gasteiger partial charge on any atom is -0.497 e. The van der Waals surface area contributed by atoms with E-state index in [2.05, 4.69) is 27.3 Å². The summed E-state index contributed by atoms with van der Waals surface area (Å²) < 4.78 is 8.50. The smallest absolute Gasteiger partial charge is 0.173 e. The van der Waals surface area contributed by atoms with Gasteiger partial charge >= 0.3 is 0 Å². The molecule has 2 rings (SSSR count). The van der Waals surface area contributed by atoms with Gasteiger partial charge in [0, 0.05) is 12.0 Å². The van der Waals surface area contributed by atoms with Crippen molar-refractivity contribution >= 4 is 32.6 Å². The Hall–Kier alpha value is -1.53. The molecule has 0 aliphatic carbocycles. The van der Waals surface area contributed by atoms with E-state index in [-0.39, 0.29) is 0 Å². The fourth-order valence-electron chi connectivity index (χ4n) is 2.09. The zero-order chi connectivity index (χ0) is 14.6. The standard InChI is InChI=1S/C14H19N3OS2/c1-11-16-7-9-20(11,17-14(15)19)8-6-12-4-3-5-13(10-12)18-2/h3-5,7,9-10H,6,8H2,1-2H3,(H3,15,17,19). The first-order chi connectivity index (χ1) is 9.55. The Morgan fingerprint density at radius 1 is 1.50 bits per heavy atom. The molecule has 0 aromatic heterocycles. The summed E-state index contributed by atoms with van der Waals surface area (Å²) in [6.45, 7) is 2.02. The van der Waals surface area contributed by atoms with E-state index < -0.39 is 10.2 Å². The van der Waals surface area contributed by atoms with Crippen LogP contribution in [0.15, 0.2) is 40.9 Å². The van der Waals surface area contributed by atoms with Crippen LogP contribution in [-0.4, -0.2) is 23.0 Å². The number of thiocarbonyl (C=S) groups is 1. The Morgan fingerprint density at radius 2 is 2.30 bits per heavy atom. The SMILES string of the molecule is COc1cccc(CCS2(NC(N)=S)C=CN=C2C)c1. The third-order valence-corrected chi connectivity index (χ3v) is 6.62. The molecule has 1 aromatic rings. The average Bonchev–Trinajstić information content (AvgIpc) is 2.78. The van der Waals surface area contributed by atoms with Crippen molar-refractivity contribution < 1.29 is 4.74 Å². The van der Waals surface area contributed by atoms with Crippen LogP contribution in [0.1, 0.15) is 12.5 Å². The first-order valence-corrected chi connectivity index (χ1v) is 8.55. The van der Waals surface area contributed by atoms with E-state index in [9.17, 15) is 0 Å². The van der Waals surface area contributed by atoms with Gasteiger partial charge in [0.15, 0.2) is 5.11 Å². The fourth-order valence-corrected chi connectivity index (χ4v) is 4.92. The van der Waals surface area contributed by atoms with E-state index in [1.54, 1.807) is 7.11 Å². The number of benzene rings is 1. The molecule has 0 spiro atoms. The van der Waals surface area contributed by atoms with Gasteiger partial charge in [-0.1, -0.05) is 12.1 Å². The van der Waals surface area contributed by atoms with Gasteiger partial charge in [0.25, 0.3) is 0 Å². The number of nitrogens with two attached hydrogens (primary N) is 1. The first-order valence-electron chi connectivity index (χ1n) is 6.28. The van der Waals surface area contributed by atoms with Crippen LogP contribution in [-0.2, 0) is 6.42 Å². The largest absolute Gasteiger partial charge is 0.497 e. The van der Waals surface area contributed by atoms with Crippen molar-refractivity contribution in [1.82, 2.24) is 4.72 Å². The second-order valence-corrected chi connectivity index (χ2v) is 8.00. The molecule has 6 heteroatoms. The quantitative estimate of drug-likeness (QED) is 0.821.